The molecule has 0 saturated carbocycles. The van der Waals surface area contributed by atoms with Gasteiger partial charge in [-0.3, -0.25) is 0 Å². The van der Waals surface area contributed by atoms with Crippen molar-refractivity contribution in [1.29, 1.82) is 0 Å². The smallest absolute Gasteiger partial charge is 0.0883 e. The molecule has 16 heavy (non-hydrogen) atoms. The van der Waals surface area contributed by atoms with Crippen molar-refractivity contribution in [2.45, 2.75) is 0 Å². The molecule has 2 aromatic carbocycles. The molecule has 0 spiro atoms. The van der Waals surface area contributed by atoms with E-state index in [1.807, 2.05) is 24.3 Å². The van der Waals surface area contributed by atoms with Gasteiger partial charge < -0.3 is 0 Å². The van der Waals surface area contributed by atoms with Gasteiger partial charge in [0.05, 0.1) is 0 Å². The van der Waals surface area contributed by atoms with E-state index in [2.05, 4.69) is 31.8 Å². The highest BCUT2D eigenvalue weighted by Gasteiger charge is 2.06. The van der Waals surface area contributed by atoms with Gasteiger partial charge in [0, 0.05) is 10.0 Å². The fraction of sp³-hybridized carbons (Fsp3) is 0. The van der Waals surface area contributed by atoms with Crippen LogP contribution in [-0.2, 0) is 0 Å². The Morgan fingerprint density at radius 2 is 1.00 bits per heavy atom. The first kappa shape index (κ1) is 12.0. The molecule has 0 aromatic heterocycles. The molecule has 0 radical (unpaired) electrons. The molecule has 0 atom stereocenters. The molecule has 0 heterocycles. The third-order valence-corrected chi connectivity index (χ3v) is 5.08. The van der Waals surface area contributed by atoms with Crippen molar-refractivity contribution >= 4 is 49.2 Å². The van der Waals surface area contributed by atoms with Crippen LogP contribution >= 0.6 is 31.0 Å². The zero-order chi connectivity index (χ0) is 11.5. The molecular weight excluding hydrogens is 257 g/mol. The van der Waals surface area contributed by atoms with Gasteiger partial charge >= 0.3 is 0 Å². The molecule has 0 aliphatic rings. The lowest BCUT2D eigenvalue weighted by molar-refractivity contribution is 1.75. The van der Waals surface area contributed by atoms with Crippen molar-refractivity contribution in [3.05, 3.63) is 58.6 Å². The van der Waals surface area contributed by atoms with Gasteiger partial charge in [0.15, 0.2) is 0 Å². The van der Waals surface area contributed by atoms with Crippen molar-refractivity contribution in [3.8, 4) is 0 Å². The Morgan fingerprint density at radius 3 is 1.31 bits per heavy atom. The quantitative estimate of drug-likeness (QED) is 0.579. The van der Waals surface area contributed by atoms with E-state index in [4.69, 9.17) is 23.2 Å². The maximum absolute atomic E-state index is 5.87. The molecular formula is C12H10BCl2P. The second kappa shape index (κ2) is 5.23. The Labute approximate surface area is 108 Å². The minimum Gasteiger partial charge on any atom is -0.0883 e. The summed E-state index contributed by atoms with van der Waals surface area (Å²) >= 11 is 11.7. The molecule has 0 bridgehead atoms. The predicted octanol–water partition coefficient (Wildman–Crippen LogP) is 2.97. The van der Waals surface area contributed by atoms with Crippen LogP contribution in [0.25, 0.3) is 0 Å². The van der Waals surface area contributed by atoms with Crippen LogP contribution in [0.3, 0.4) is 0 Å². The van der Waals surface area contributed by atoms with Crippen molar-refractivity contribution in [1.82, 2.24) is 0 Å². The number of benzene rings is 2. The van der Waals surface area contributed by atoms with Gasteiger partial charge in [-0.05, 0) is 34.9 Å². The first-order chi connectivity index (χ1) is 7.66. The van der Waals surface area contributed by atoms with E-state index in [9.17, 15) is 0 Å². The molecule has 0 amide bonds. The zero-order valence-corrected chi connectivity index (χ0v) is 11.2. The number of rotatable bonds is 2. The van der Waals surface area contributed by atoms with Crippen LogP contribution in [0, 0.1) is 0 Å². The zero-order valence-electron chi connectivity index (χ0n) is 8.82. The molecule has 2 rings (SSSR count). The summed E-state index contributed by atoms with van der Waals surface area (Å²) in [7, 11) is 1.93. The van der Waals surface area contributed by atoms with Crippen LogP contribution in [0.4, 0.5) is 0 Å². The third kappa shape index (κ3) is 2.80. The molecule has 0 N–H and O–H groups in total. The van der Waals surface area contributed by atoms with Crippen LogP contribution in [0.5, 0.6) is 0 Å². The van der Waals surface area contributed by atoms with Crippen molar-refractivity contribution < 1.29 is 0 Å². The van der Waals surface area contributed by atoms with Gasteiger partial charge in [0.2, 0.25) is 0 Å². The number of hydrogen-bond acceptors (Lipinski definition) is 0. The summed E-state index contributed by atoms with van der Waals surface area (Å²) in [6.07, 6.45) is 0. The van der Waals surface area contributed by atoms with Crippen LogP contribution < -0.4 is 10.6 Å². The molecule has 0 unspecified atom stereocenters. The highest BCUT2D eigenvalue weighted by atomic mass is 35.5. The Hall–Kier alpha value is -0.485. The summed E-state index contributed by atoms with van der Waals surface area (Å²) in [6.45, 7) is 0. The van der Waals surface area contributed by atoms with Crippen LogP contribution in [0.1, 0.15) is 0 Å². The standard InChI is InChI=1S/C12H10BCl2P/c13-16(11-5-1-9(14)2-6-11)12-7-3-10(15)4-8-12/h1-8H,13H2. The van der Waals surface area contributed by atoms with E-state index in [-0.39, 0.29) is 7.80 Å². The molecule has 0 saturated heterocycles. The SMILES string of the molecule is BP(c1ccc(Cl)cc1)c1ccc(Cl)cc1. The monoisotopic (exact) mass is 266 g/mol. The normalized spacial score (nSPS) is 10.7. The second-order valence-corrected chi connectivity index (χ2v) is 6.54. The fourth-order valence-corrected chi connectivity index (χ4v) is 3.22. The Bertz CT molecular complexity index is 422. The minimum atomic E-state index is -0.313. The third-order valence-electron chi connectivity index (χ3n) is 2.43. The topological polar surface area (TPSA) is 0 Å². The Balaban J connectivity index is 2.28. The van der Waals surface area contributed by atoms with E-state index in [1.54, 1.807) is 0 Å². The van der Waals surface area contributed by atoms with Gasteiger partial charge in [-0.1, -0.05) is 55.3 Å². The molecule has 80 valence electrons. The highest BCUT2D eigenvalue weighted by molar-refractivity contribution is 7.94. The van der Waals surface area contributed by atoms with Crippen molar-refractivity contribution in [2.24, 2.45) is 0 Å². The van der Waals surface area contributed by atoms with Gasteiger partial charge in [-0.25, -0.2) is 0 Å². The van der Waals surface area contributed by atoms with E-state index >= 15 is 0 Å². The number of hydrogen-bond donors (Lipinski definition) is 0. The summed E-state index contributed by atoms with van der Waals surface area (Å²) in [5.74, 6) is 0. The summed E-state index contributed by atoms with van der Waals surface area (Å²) in [5, 5.41) is 4.20. The largest absolute Gasteiger partial charge is 0.145 e. The van der Waals surface area contributed by atoms with E-state index < -0.39 is 0 Å². The first-order valence-corrected chi connectivity index (χ1v) is 7.46. The average Bonchev–Trinajstić information content (AvgIpc) is 2.30. The summed E-state index contributed by atoms with van der Waals surface area (Å²) < 4.78 is 0. The maximum Gasteiger partial charge on any atom is 0.145 e. The summed E-state index contributed by atoms with van der Waals surface area (Å²) in [6, 6.07) is 16.1. The lowest BCUT2D eigenvalue weighted by Crippen LogP contribution is -2.10. The summed E-state index contributed by atoms with van der Waals surface area (Å²) in [5.41, 5.74) is 0. The minimum absolute atomic E-state index is 0.313. The maximum atomic E-state index is 5.87. The van der Waals surface area contributed by atoms with Gasteiger partial charge in [-0.2, -0.15) is 0 Å². The Morgan fingerprint density at radius 1 is 0.688 bits per heavy atom. The van der Waals surface area contributed by atoms with E-state index in [1.165, 1.54) is 10.6 Å². The molecule has 0 fully saturated rings. The highest BCUT2D eigenvalue weighted by Crippen LogP contribution is 2.28. The molecule has 0 aliphatic heterocycles. The van der Waals surface area contributed by atoms with Gasteiger partial charge in [0.25, 0.3) is 0 Å². The lowest BCUT2D eigenvalue weighted by Gasteiger charge is -2.13. The summed E-state index contributed by atoms with van der Waals surface area (Å²) in [4.78, 5) is 0. The average molecular weight is 267 g/mol. The van der Waals surface area contributed by atoms with Crippen molar-refractivity contribution in [3.63, 3.8) is 0 Å². The van der Waals surface area contributed by atoms with Crippen molar-refractivity contribution in [2.75, 3.05) is 0 Å². The molecule has 0 nitrogen and oxygen atoms in total. The molecule has 2 aromatic rings. The molecule has 4 heteroatoms. The number of halogens is 2. The second-order valence-electron chi connectivity index (χ2n) is 3.51. The Kier molecular flexibility index (Phi) is 3.92. The predicted molar refractivity (Wildman–Crippen MR) is 77.6 cm³/mol. The molecule has 0 aliphatic carbocycles. The van der Waals surface area contributed by atoms with Crippen LogP contribution in [0.2, 0.25) is 10.0 Å². The van der Waals surface area contributed by atoms with Gasteiger partial charge in [-0.15, -0.1) is 0 Å². The fourth-order valence-electron chi connectivity index (χ4n) is 1.48. The lowest BCUT2D eigenvalue weighted by atomic mass is 10.4. The van der Waals surface area contributed by atoms with Gasteiger partial charge in [0.1, 0.15) is 7.57 Å². The van der Waals surface area contributed by atoms with E-state index in [0.29, 0.717) is 0 Å². The van der Waals surface area contributed by atoms with Crippen LogP contribution in [-0.4, -0.2) is 7.57 Å². The van der Waals surface area contributed by atoms with Crippen LogP contribution in [0.15, 0.2) is 48.5 Å². The first-order valence-electron chi connectivity index (χ1n) is 4.92. The van der Waals surface area contributed by atoms with E-state index in [0.717, 1.165) is 10.0 Å².